The molecule has 1 aromatic carbocycles. The number of hydrogen-bond donors (Lipinski definition) is 3. The molecule has 1 aliphatic rings. The molecule has 33 heavy (non-hydrogen) atoms. The van der Waals surface area contributed by atoms with Crippen molar-refractivity contribution in [2.75, 3.05) is 6.54 Å². The van der Waals surface area contributed by atoms with Crippen molar-refractivity contribution in [2.24, 2.45) is 0 Å². The van der Waals surface area contributed by atoms with Crippen LogP contribution in [0.5, 0.6) is 5.75 Å². The molecule has 1 fully saturated rings. The number of amides is 1. The van der Waals surface area contributed by atoms with Gasteiger partial charge in [-0.1, -0.05) is 5.16 Å². The second kappa shape index (κ2) is 9.21. The van der Waals surface area contributed by atoms with Gasteiger partial charge in [-0.15, -0.1) is 13.2 Å². The van der Waals surface area contributed by atoms with E-state index in [2.05, 4.69) is 20.2 Å². The van der Waals surface area contributed by atoms with Crippen LogP contribution in [-0.4, -0.2) is 63.6 Å². The number of alkyl halides is 3. The molecule has 3 heterocycles. The Morgan fingerprint density at radius 2 is 1.85 bits per heavy atom. The highest BCUT2D eigenvalue weighted by atomic mass is 19.4. The van der Waals surface area contributed by atoms with Crippen molar-refractivity contribution in [3.8, 4) is 17.1 Å². The van der Waals surface area contributed by atoms with Crippen LogP contribution >= 0.6 is 0 Å². The van der Waals surface area contributed by atoms with Crippen molar-refractivity contribution in [3.05, 3.63) is 54.3 Å². The summed E-state index contributed by atoms with van der Waals surface area (Å²) in [5.41, 5.74) is 0.381. The van der Waals surface area contributed by atoms with E-state index in [0.717, 1.165) is 12.1 Å². The SMILES string of the molecule is O=C(NC[C@@H]1O[C@@H](Cc2nc(-c3ccc(OC(F)(F)F)cc3)no2)[C@H](O)[C@@H]1O)c1ccco1. The number of aliphatic hydroxyl groups excluding tert-OH is 2. The molecular weight excluding hydrogens is 451 g/mol. The van der Waals surface area contributed by atoms with E-state index < -0.39 is 42.4 Å². The van der Waals surface area contributed by atoms with Gasteiger partial charge in [0.05, 0.1) is 18.8 Å². The van der Waals surface area contributed by atoms with Crippen LogP contribution in [0.25, 0.3) is 11.4 Å². The minimum absolute atomic E-state index is 0.0386. The summed E-state index contributed by atoms with van der Waals surface area (Å²) in [6.07, 6.45) is -7.80. The van der Waals surface area contributed by atoms with E-state index >= 15 is 0 Å². The Morgan fingerprint density at radius 1 is 1.12 bits per heavy atom. The van der Waals surface area contributed by atoms with Crippen molar-refractivity contribution in [1.29, 1.82) is 0 Å². The van der Waals surface area contributed by atoms with Gasteiger partial charge in [0.2, 0.25) is 11.7 Å². The highest BCUT2D eigenvalue weighted by molar-refractivity contribution is 5.91. The van der Waals surface area contributed by atoms with Crippen molar-refractivity contribution >= 4 is 5.91 Å². The number of ether oxygens (including phenoxy) is 2. The quantitative estimate of drug-likeness (QED) is 0.472. The van der Waals surface area contributed by atoms with Crippen LogP contribution in [0.2, 0.25) is 0 Å². The molecule has 3 N–H and O–H groups in total. The smallest absolute Gasteiger partial charge is 0.459 e. The maximum Gasteiger partial charge on any atom is 0.573 e. The van der Waals surface area contributed by atoms with Gasteiger partial charge >= 0.3 is 6.36 Å². The van der Waals surface area contributed by atoms with Gasteiger partial charge in [0.15, 0.2) is 5.76 Å². The second-order valence-electron chi connectivity index (χ2n) is 7.17. The molecule has 13 heteroatoms. The Bertz CT molecular complexity index is 1070. The average molecular weight is 469 g/mol. The maximum absolute atomic E-state index is 12.3. The topological polar surface area (TPSA) is 140 Å². The van der Waals surface area contributed by atoms with Crippen LogP contribution in [0.3, 0.4) is 0 Å². The van der Waals surface area contributed by atoms with Crippen LogP contribution in [0, 0.1) is 0 Å². The fourth-order valence-corrected chi connectivity index (χ4v) is 3.28. The van der Waals surface area contributed by atoms with Crippen LogP contribution in [0.15, 0.2) is 51.6 Å². The second-order valence-corrected chi connectivity index (χ2v) is 7.17. The molecule has 1 saturated heterocycles. The van der Waals surface area contributed by atoms with Gasteiger partial charge in [-0.25, -0.2) is 0 Å². The van der Waals surface area contributed by atoms with Gasteiger partial charge in [0.25, 0.3) is 5.91 Å². The van der Waals surface area contributed by atoms with E-state index in [4.69, 9.17) is 13.7 Å². The predicted octanol–water partition coefficient (Wildman–Crippen LogP) is 1.69. The summed E-state index contributed by atoms with van der Waals surface area (Å²) in [6.45, 7) is -0.0737. The largest absolute Gasteiger partial charge is 0.573 e. The molecule has 0 unspecified atom stereocenters. The molecular formula is C20H18F3N3O7. The number of aliphatic hydroxyl groups is 2. The fraction of sp³-hybridized carbons (Fsp3) is 0.350. The van der Waals surface area contributed by atoms with Gasteiger partial charge < -0.3 is 33.9 Å². The number of carbonyl (C=O) groups is 1. The van der Waals surface area contributed by atoms with Crippen LogP contribution in [0.4, 0.5) is 13.2 Å². The first-order chi connectivity index (χ1) is 15.7. The molecule has 0 aliphatic carbocycles. The van der Waals surface area contributed by atoms with Gasteiger partial charge in [-0.3, -0.25) is 4.79 Å². The van der Waals surface area contributed by atoms with Gasteiger partial charge in [0, 0.05) is 12.1 Å². The summed E-state index contributed by atoms with van der Waals surface area (Å²) >= 11 is 0. The summed E-state index contributed by atoms with van der Waals surface area (Å²) in [4.78, 5) is 16.1. The molecule has 0 saturated carbocycles. The number of hydrogen-bond acceptors (Lipinski definition) is 9. The Balaban J connectivity index is 1.34. The number of halogens is 3. The minimum Gasteiger partial charge on any atom is -0.459 e. The molecule has 0 radical (unpaired) electrons. The fourth-order valence-electron chi connectivity index (χ4n) is 3.28. The molecule has 1 amide bonds. The highest BCUT2D eigenvalue weighted by Gasteiger charge is 2.43. The summed E-state index contributed by atoms with van der Waals surface area (Å²) in [7, 11) is 0. The highest BCUT2D eigenvalue weighted by Crippen LogP contribution is 2.27. The summed E-state index contributed by atoms with van der Waals surface area (Å²) in [5.74, 6) is -0.606. The summed E-state index contributed by atoms with van der Waals surface area (Å²) in [5, 5.41) is 26.8. The number of nitrogens with zero attached hydrogens (tertiary/aromatic N) is 2. The number of nitrogens with one attached hydrogen (secondary N) is 1. The molecule has 10 nitrogen and oxygen atoms in total. The van der Waals surface area contributed by atoms with Crippen LogP contribution in [-0.2, 0) is 11.2 Å². The molecule has 176 valence electrons. The Kier molecular flexibility index (Phi) is 6.35. The molecule has 3 aromatic rings. The summed E-state index contributed by atoms with van der Waals surface area (Å²) < 4.78 is 56.3. The van der Waals surface area contributed by atoms with E-state index in [1.54, 1.807) is 6.07 Å². The number of carbonyl (C=O) groups excluding carboxylic acids is 1. The van der Waals surface area contributed by atoms with E-state index in [0.29, 0.717) is 5.56 Å². The Hall–Kier alpha value is -3.42. The normalized spacial score (nSPS) is 22.9. The van der Waals surface area contributed by atoms with Crippen molar-refractivity contribution in [2.45, 2.75) is 37.2 Å². The lowest BCUT2D eigenvalue weighted by atomic mass is 10.1. The first-order valence-electron chi connectivity index (χ1n) is 9.71. The first kappa shape index (κ1) is 22.8. The third kappa shape index (κ3) is 5.50. The van der Waals surface area contributed by atoms with Crippen molar-refractivity contribution in [1.82, 2.24) is 15.5 Å². The van der Waals surface area contributed by atoms with Crippen molar-refractivity contribution in [3.63, 3.8) is 0 Å². The molecule has 2 aromatic heterocycles. The minimum atomic E-state index is -4.80. The number of furan rings is 1. The summed E-state index contributed by atoms with van der Waals surface area (Å²) in [6, 6.07) is 7.92. The molecule has 0 bridgehead atoms. The maximum atomic E-state index is 12.3. The lowest BCUT2D eigenvalue weighted by molar-refractivity contribution is -0.274. The van der Waals surface area contributed by atoms with Gasteiger partial charge in [-0.05, 0) is 36.4 Å². The van der Waals surface area contributed by atoms with E-state index in [9.17, 15) is 28.2 Å². The van der Waals surface area contributed by atoms with Crippen LogP contribution < -0.4 is 10.1 Å². The lowest BCUT2D eigenvalue weighted by Gasteiger charge is -2.14. The number of benzene rings is 1. The van der Waals surface area contributed by atoms with Crippen LogP contribution in [0.1, 0.15) is 16.4 Å². The van der Waals surface area contributed by atoms with Gasteiger partial charge in [0.1, 0.15) is 24.1 Å². The van der Waals surface area contributed by atoms with E-state index in [1.165, 1.54) is 24.5 Å². The third-order valence-electron chi connectivity index (χ3n) is 4.86. The lowest BCUT2D eigenvalue weighted by Crippen LogP contribution is -2.39. The van der Waals surface area contributed by atoms with E-state index in [-0.39, 0.29) is 30.4 Å². The monoisotopic (exact) mass is 469 g/mol. The Labute approximate surface area is 183 Å². The molecule has 1 aliphatic heterocycles. The predicted molar refractivity (Wildman–Crippen MR) is 102 cm³/mol. The third-order valence-corrected chi connectivity index (χ3v) is 4.86. The zero-order valence-electron chi connectivity index (χ0n) is 16.7. The zero-order valence-corrected chi connectivity index (χ0v) is 16.7. The number of rotatable bonds is 7. The molecule has 4 atom stereocenters. The first-order valence-corrected chi connectivity index (χ1v) is 9.71. The number of aromatic nitrogens is 2. The zero-order chi connectivity index (χ0) is 23.6. The molecule has 0 spiro atoms. The standard InChI is InChI=1S/C20H18F3N3O7/c21-20(22,23)32-11-5-3-10(4-6-11)18-25-15(33-26-18)8-13-16(27)17(28)14(31-13)9-24-19(29)12-2-1-7-30-12/h1-7,13-14,16-17,27-28H,8-9H2,(H,24,29)/t13-,14-,16-,17+/m0/s1. The van der Waals surface area contributed by atoms with Crippen molar-refractivity contribution < 1.29 is 46.6 Å². The average Bonchev–Trinajstić information content (AvgIpc) is 3.50. The van der Waals surface area contributed by atoms with E-state index in [1.807, 2.05) is 0 Å². The Morgan fingerprint density at radius 3 is 2.52 bits per heavy atom. The molecule has 4 rings (SSSR count). The van der Waals surface area contributed by atoms with Gasteiger partial charge in [-0.2, -0.15) is 4.98 Å².